The molecule has 0 radical (unpaired) electrons. The normalized spacial score (nSPS) is 16.1. The molecule has 174 valence electrons. The smallest absolute Gasteiger partial charge is 0.158 e. The molecule has 1 saturated heterocycles. The highest BCUT2D eigenvalue weighted by atomic mass is 35.5. The highest BCUT2D eigenvalue weighted by molar-refractivity contribution is 6.30. The van der Waals surface area contributed by atoms with Gasteiger partial charge in [0.1, 0.15) is 5.69 Å². The lowest BCUT2D eigenvalue weighted by molar-refractivity contribution is -0.00297. The van der Waals surface area contributed by atoms with Crippen molar-refractivity contribution < 1.29 is 9.50 Å². The molecule has 5 heteroatoms. The van der Waals surface area contributed by atoms with Crippen LogP contribution >= 0.6 is 11.6 Å². The fraction of sp³-hybridized carbons (Fsp3) is 0.276. The maximum absolute atomic E-state index is 14.5. The zero-order chi connectivity index (χ0) is 24.1. The fourth-order valence-electron chi connectivity index (χ4n) is 4.00. The minimum absolute atomic E-state index is 0.123. The Morgan fingerprint density at radius 3 is 2.41 bits per heavy atom. The lowest BCUT2D eigenvalue weighted by atomic mass is 9.93. The van der Waals surface area contributed by atoms with Crippen molar-refractivity contribution in [3.63, 3.8) is 0 Å². The molecule has 1 fully saturated rings. The number of rotatable bonds is 4. The quantitative estimate of drug-likeness (QED) is 0.458. The van der Waals surface area contributed by atoms with Crippen molar-refractivity contribution >= 4 is 17.7 Å². The summed E-state index contributed by atoms with van der Waals surface area (Å²) in [6.45, 7) is 6.77. The Morgan fingerprint density at radius 2 is 1.76 bits per heavy atom. The first-order chi connectivity index (χ1) is 16.3. The van der Waals surface area contributed by atoms with Gasteiger partial charge < -0.3 is 5.11 Å². The second kappa shape index (κ2) is 10.5. The van der Waals surface area contributed by atoms with Crippen molar-refractivity contribution in [1.82, 2.24) is 9.88 Å². The monoisotopic (exact) mass is 474 g/mol. The molecule has 2 heterocycles. The molecule has 2 aromatic carbocycles. The number of benzene rings is 2. The van der Waals surface area contributed by atoms with Gasteiger partial charge in [-0.2, -0.15) is 0 Å². The Hall–Kier alpha value is -2.97. The molecule has 34 heavy (non-hydrogen) atoms. The van der Waals surface area contributed by atoms with Gasteiger partial charge >= 0.3 is 0 Å². The number of hydrogen-bond acceptors (Lipinski definition) is 3. The van der Waals surface area contributed by atoms with Crippen LogP contribution in [0, 0.1) is 17.7 Å². The second-order valence-electron chi connectivity index (χ2n) is 9.20. The zero-order valence-electron chi connectivity index (χ0n) is 19.5. The van der Waals surface area contributed by atoms with E-state index in [1.54, 1.807) is 18.3 Å². The molecule has 4 rings (SSSR count). The molecule has 3 nitrogen and oxygen atoms in total. The molecule has 1 aliphatic heterocycles. The van der Waals surface area contributed by atoms with Crippen molar-refractivity contribution in [1.29, 1.82) is 0 Å². The van der Waals surface area contributed by atoms with Gasteiger partial charge in [0.05, 0.1) is 5.60 Å². The van der Waals surface area contributed by atoms with Crippen LogP contribution in [0.3, 0.4) is 0 Å². The van der Waals surface area contributed by atoms with Crippen LogP contribution < -0.4 is 0 Å². The molecule has 0 unspecified atom stereocenters. The number of pyridine rings is 1. The van der Waals surface area contributed by atoms with E-state index >= 15 is 0 Å². The molecule has 1 aromatic heterocycles. The highest BCUT2D eigenvalue weighted by Gasteiger charge is 2.26. The Labute approximate surface area is 205 Å². The van der Waals surface area contributed by atoms with E-state index in [9.17, 15) is 9.50 Å². The summed E-state index contributed by atoms with van der Waals surface area (Å²) >= 11 is 5.92. The summed E-state index contributed by atoms with van der Waals surface area (Å²) in [5, 5.41) is 10.7. The topological polar surface area (TPSA) is 36.4 Å². The van der Waals surface area contributed by atoms with Crippen LogP contribution in [-0.4, -0.2) is 40.2 Å². The van der Waals surface area contributed by atoms with E-state index in [0.29, 0.717) is 10.6 Å². The second-order valence-corrected chi connectivity index (χ2v) is 9.63. The first kappa shape index (κ1) is 24.2. The molecule has 3 aromatic rings. The first-order valence-electron chi connectivity index (χ1n) is 11.4. The van der Waals surface area contributed by atoms with Crippen LogP contribution in [0.25, 0.3) is 17.2 Å². The fourth-order valence-corrected chi connectivity index (χ4v) is 4.13. The third-order valence-corrected chi connectivity index (χ3v) is 6.33. The van der Waals surface area contributed by atoms with Gasteiger partial charge in [-0.3, -0.25) is 4.90 Å². The van der Waals surface area contributed by atoms with Crippen LogP contribution in [0.5, 0.6) is 0 Å². The number of hydrogen-bond donors (Lipinski definition) is 1. The average Bonchev–Trinajstić information content (AvgIpc) is 2.81. The van der Waals surface area contributed by atoms with Crippen LogP contribution in [0.15, 0.2) is 66.4 Å². The molecule has 0 amide bonds. The van der Waals surface area contributed by atoms with Gasteiger partial charge in [-0.25, -0.2) is 9.37 Å². The molecule has 0 bridgehead atoms. The maximum atomic E-state index is 14.5. The van der Waals surface area contributed by atoms with Crippen LogP contribution in [-0.2, 0) is 0 Å². The predicted octanol–water partition coefficient (Wildman–Crippen LogP) is 6.19. The molecule has 1 N–H and O–H groups in total. The summed E-state index contributed by atoms with van der Waals surface area (Å²) in [5.41, 5.74) is 4.30. The minimum atomic E-state index is -0.526. The molecule has 1 aliphatic rings. The average molecular weight is 475 g/mol. The Balaban J connectivity index is 1.39. The van der Waals surface area contributed by atoms with Crippen molar-refractivity contribution in [3.05, 3.63) is 94.0 Å². The Kier molecular flexibility index (Phi) is 7.48. The zero-order valence-corrected chi connectivity index (χ0v) is 20.2. The van der Waals surface area contributed by atoms with Crippen LogP contribution in [0.4, 0.5) is 4.39 Å². The van der Waals surface area contributed by atoms with Crippen LogP contribution in [0.1, 0.15) is 43.5 Å². The standard InChI is InChI=1S/C29H28ClFN2O/c1-21(20-33-15-13-29(2,34)14-16-33)17-23-5-3-22(4-6-23)7-12-28-27(31)18-25(19-32-28)24-8-10-26(30)11-9-24/h3-6,8-11,17-19,34H,13-16,20H2,1-2H3/b21-17+. The third kappa shape index (κ3) is 6.55. The van der Waals surface area contributed by atoms with E-state index in [4.69, 9.17) is 11.6 Å². The van der Waals surface area contributed by atoms with E-state index in [-0.39, 0.29) is 5.69 Å². The van der Waals surface area contributed by atoms with Gasteiger partial charge in [0, 0.05) is 42.0 Å². The van der Waals surface area contributed by atoms with Crippen LogP contribution in [0.2, 0.25) is 5.02 Å². The predicted molar refractivity (Wildman–Crippen MR) is 137 cm³/mol. The summed E-state index contributed by atoms with van der Waals surface area (Å²) in [5.74, 6) is 5.39. The first-order valence-corrected chi connectivity index (χ1v) is 11.8. The summed E-state index contributed by atoms with van der Waals surface area (Å²) in [7, 11) is 0. The molecule has 0 aliphatic carbocycles. The van der Waals surface area contributed by atoms with Gasteiger partial charge in [0.2, 0.25) is 0 Å². The Morgan fingerprint density at radius 1 is 1.09 bits per heavy atom. The molecule has 0 saturated carbocycles. The van der Waals surface area contributed by atoms with Crippen molar-refractivity contribution in [2.45, 2.75) is 32.3 Å². The minimum Gasteiger partial charge on any atom is -0.390 e. The summed E-state index contributed by atoms with van der Waals surface area (Å²) in [4.78, 5) is 6.58. The Bertz CT molecular complexity index is 1230. The van der Waals surface area contributed by atoms with Gasteiger partial charge in [-0.15, -0.1) is 0 Å². The number of halogens is 2. The lowest BCUT2D eigenvalue weighted by Crippen LogP contribution is -2.42. The number of piperidine rings is 1. The summed E-state index contributed by atoms with van der Waals surface area (Å²) < 4.78 is 14.5. The van der Waals surface area contributed by atoms with E-state index in [0.717, 1.165) is 49.2 Å². The van der Waals surface area contributed by atoms with Gasteiger partial charge in [-0.05, 0) is 74.1 Å². The van der Waals surface area contributed by atoms with Crippen molar-refractivity contribution in [3.8, 4) is 23.0 Å². The van der Waals surface area contributed by atoms with Gasteiger partial charge in [0.15, 0.2) is 5.82 Å². The summed E-state index contributed by atoms with van der Waals surface area (Å²) in [6, 6.07) is 16.5. The van der Waals surface area contributed by atoms with Gasteiger partial charge in [-0.1, -0.05) is 53.4 Å². The largest absolute Gasteiger partial charge is 0.390 e. The highest BCUT2D eigenvalue weighted by Crippen LogP contribution is 2.23. The third-order valence-electron chi connectivity index (χ3n) is 6.07. The number of aromatic nitrogens is 1. The molecular weight excluding hydrogens is 447 g/mol. The van der Waals surface area contributed by atoms with E-state index in [1.165, 1.54) is 11.6 Å². The van der Waals surface area contributed by atoms with E-state index < -0.39 is 11.4 Å². The number of likely N-dealkylation sites (tertiary alicyclic amines) is 1. The summed E-state index contributed by atoms with van der Waals surface area (Å²) in [6.07, 6.45) is 5.41. The van der Waals surface area contributed by atoms with Crippen molar-refractivity contribution in [2.75, 3.05) is 19.6 Å². The SMILES string of the molecule is C/C(=C\c1ccc(C#Cc2ncc(-c3ccc(Cl)cc3)cc2F)cc1)CN1CCC(C)(O)CC1. The number of nitrogens with zero attached hydrogens (tertiary/aromatic N) is 2. The van der Waals surface area contributed by atoms with Gasteiger partial charge in [0.25, 0.3) is 0 Å². The van der Waals surface area contributed by atoms with E-state index in [1.807, 2.05) is 43.3 Å². The maximum Gasteiger partial charge on any atom is 0.158 e. The molecular formula is C29H28ClFN2O. The molecule has 0 atom stereocenters. The van der Waals surface area contributed by atoms with Crippen molar-refractivity contribution in [2.24, 2.45) is 0 Å². The lowest BCUT2D eigenvalue weighted by Gasteiger charge is -2.35. The molecule has 0 spiro atoms. The number of aliphatic hydroxyl groups is 1. The van der Waals surface area contributed by atoms with E-state index in [2.05, 4.69) is 34.7 Å².